The lowest BCUT2D eigenvalue weighted by Crippen LogP contribution is -2.51. The van der Waals surface area contributed by atoms with Crippen molar-refractivity contribution in [1.82, 2.24) is 10.2 Å². The molecular weight excluding hydrogens is 320 g/mol. The van der Waals surface area contributed by atoms with Gasteiger partial charge in [0.15, 0.2) is 0 Å². The van der Waals surface area contributed by atoms with E-state index in [0.29, 0.717) is 11.8 Å². The highest BCUT2D eigenvalue weighted by molar-refractivity contribution is 6.08. The number of nitrogens with two attached hydrogens (primary N) is 1. The molecule has 3 fully saturated rings. The van der Waals surface area contributed by atoms with Crippen LogP contribution in [-0.4, -0.2) is 47.8 Å². The Morgan fingerprint density at radius 3 is 2.76 bits per heavy atom. The first kappa shape index (κ1) is 14.9. The van der Waals surface area contributed by atoms with Gasteiger partial charge in [0.2, 0.25) is 17.7 Å². The van der Waals surface area contributed by atoms with Crippen LogP contribution in [0.25, 0.3) is 0 Å². The number of likely N-dealkylation sites (tertiary alicyclic amines) is 1. The molecule has 1 spiro atoms. The Labute approximate surface area is 144 Å². The molecule has 7 heteroatoms. The van der Waals surface area contributed by atoms with Gasteiger partial charge in [0.05, 0.1) is 11.5 Å². The van der Waals surface area contributed by atoms with Crippen molar-refractivity contribution >= 4 is 23.4 Å². The number of carbonyl (C=O) groups excluding carboxylic acids is 3. The Morgan fingerprint density at radius 1 is 1.28 bits per heavy atom. The minimum atomic E-state index is -0.881. The summed E-state index contributed by atoms with van der Waals surface area (Å²) in [6.07, 6.45) is 1.31. The maximum Gasteiger partial charge on any atom is 0.240 e. The number of hydrogen-bond donors (Lipinski definition) is 3. The van der Waals surface area contributed by atoms with Crippen molar-refractivity contribution < 1.29 is 14.4 Å². The van der Waals surface area contributed by atoms with Gasteiger partial charge in [0.1, 0.15) is 6.04 Å². The standard InChI is InChI=1S/C18H20N4O3/c19-15(23)13-6-18(11-3-1-2-4-12(11)21-17(18)25)8-22(13)16(24)14-10-5-9(10)7-20-14/h1-4,9-10,13-14,20H,5-8H2,(H2,19,23)(H,21,25)/t9-,10-,13+,14+,18+/m1/s1. The van der Waals surface area contributed by atoms with Gasteiger partial charge in [-0.2, -0.15) is 0 Å². The molecule has 4 N–H and O–H groups in total. The van der Waals surface area contributed by atoms with E-state index in [-0.39, 0.29) is 30.8 Å². The summed E-state index contributed by atoms with van der Waals surface area (Å²) in [5.74, 6) is 0.143. The maximum atomic E-state index is 13.1. The van der Waals surface area contributed by atoms with Crippen molar-refractivity contribution in [3.05, 3.63) is 29.8 Å². The van der Waals surface area contributed by atoms with Gasteiger partial charge in [-0.25, -0.2) is 0 Å². The highest BCUT2D eigenvalue weighted by atomic mass is 16.2. The fourth-order valence-electron chi connectivity index (χ4n) is 4.92. The lowest BCUT2D eigenvalue weighted by Gasteiger charge is -2.27. The van der Waals surface area contributed by atoms with Crippen LogP contribution in [0.5, 0.6) is 0 Å². The Balaban J connectivity index is 1.51. The van der Waals surface area contributed by atoms with E-state index in [9.17, 15) is 14.4 Å². The van der Waals surface area contributed by atoms with E-state index in [1.54, 1.807) is 4.90 Å². The van der Waals surface area contributed by atoms with Crippen LogP contribution in [0, 0.1) is 11.8 Å². The minimum absolute atomic E-state index is 0.0946. The number of hydrogen-bond acceptors (Lipinski definition) is 4. The highest BCUT2D eigenvalue weighted by Gasteiger charge is 2.59. The van der Waals surface area contributed by atoms with Gasteiger partial charge < -0.3 is 21.3 Å². The van der Waals surface area contributed by atoms with Crippen LogP contribution >= 0.6 is 0 Å². The summed E-state index contributed by atoms with van der Waals surface area (Å²) in [4.78, 5) is 39.5. The molecule has 130 valence electrons. The quantitative estimate of drug-likeness (QED) is 0.679. The molecule has 3 aliphatic heterocycles. The van der Waals surface area contributed by atoms with Crippen LogP contribution in [0.15, 0.2) is 24.3 Å². The van der Waals surface area contributed by atoms with Crippen molar-refractivity contribution in [3.63, 3.8) is 0 Å². The van der Waals surface area contributed by atoms with E-state index < -0.39 is 17.4 Å². The number of para-hydroxylation sites is 1. The van der Waals surface area contributed by atoms with Crippen LogP contribution in [0.2, 0.25) is 0 Å². The average Bonchev–Trinajstić information content (AvgIpc) is 2.98. The van der Waals surface area contributed by atoms with E-state index in [1.165, 1.54) is 0 Å². The second-order valence-corrected chi connectivity index (χ2v) is 7.72. The Morgan fingerprint density at radius 2 is 2.08 bits per heavy atom. The Kier molecular flexibility index (Phi) is 2.87. The number of amides is 3. The van der Waals surface area contributed by atoms with Crippen molar-refractivity contribution in [2.45, 2.75) is 30.3 Å². The molecular formula is C18H20N4O3. The number of nitrogens with zero attached hydrogens (tertiary/aromatic N) is 1. The molecule has 25 heavy (non-hydrogen) atoms. The van der Waals surface area contributed by atoms with Gasteiger partial charge in [0.25, 0.3) is 0 Å². The molecule has 3 amide bonds. The number of anilines is 1. The highest BCUT2D eigenvalue weighted by Crippen LogP contribution is 2.49. The second kappa shape index (κ2) is 4.82. The lowest BCUT2D eigenvalue weighted by atomic mass is 9.79. The van der Waals surface area contributed by atoms with E-state index >= 15 is 0 Å². The van der Waals surface area contributed by atoms with Crippen molar-refractivity contribution in [3.8, 4) is 0 Å². The molecule has 1 saturated carbocycles. The molecule has 2 saturated heterocycles. The summed E-state index contributed by atoms with van der Waals surface area (Å²) < 4.78 is 0. The number of fused-ring (bicyclic) bond motifs is 3. The topological polar surface area (TPSA) is 105 Å². The summed E-state index contributed by atoms with van der Waals surface area (Å²) in [6.45, 7) is 1.06. The number of nitrogens with one attached hydrogen (secondary N) is 2. The van der Waals surface area contributed by atoms with Crippen LogP contribution in [0.3, 0.4) is 0 Å². The van der Waals surface area contributed by atoms with Gasteiger partial charge in [-0.05, 0) is 42.9 Å². The van der Waals surface area contributed by atoms with Gasteiger partial charge in [-0.1, -0.05) is 18.2 Å². The smallest absolute Gasteiger partial charge is 0.240 e. The molecule has 0 aromatic heterocycles. The summed E-state index contributed by atoms with van der Waals surface area (Å²) in [5, 5.41) is 6.15. The molecule has 3 heterocycles. The molecule has 4 aliphatic rings. The first-order valence-corrected chi connectivity index (χ1v) is 8.75. The lowest BCUT2D eigenvalue weighted by molar-refractivity contribution is -0.139. The first-order chi connectivity index (χ1) is 12.0. The summed E-state index contributed by atoms with van der Waals surface area (Å²) in [5.41, 5.74) is 6.33. The van der Waals surface area contributed by atoms with Crippen molar-refractivity contribution in [2.24, 2.45) is 17.6 Å². The predicted molar refractivity (Wildman–Crippen MR) is 89.4 cm³/mol. The monoisotopic (exact) mass is 340 g/mol. The molecule has 0 bridgehead atoms. The normalized spacial score (nSPS) is 37.8. The summed E-state index contributed by atoms with van der Waals surface area (Å²) >= 11 is 0. The third-order valence-electron chi connectivity index (χ3n) is 6.37. The predicted octanol–water partition coefficient (Wildman–Crippen LogP) is -0.429. The Bertz CT molecular complexity index is 809. The molecule has 1 aliphatic carbocycles. The molecule has 7 nitrogen and oxygen atoms in total. The third-order valence-corrected chi connectivity index (χ3v) is 6.37. The summed E-state index contributed by atoms with van der Waals surface area (Å²) in [6, 6.07) is 6.48. The van der Waals surface area contributed by atoms with Gasteiger partial charge >= 0.3 is 0 Å². The maximum absolute atomic E-state index is 13.1. The largest absolute Gasteiger partial charge is 0.368 e. The minimum Gasteiger partial charge on any atom is -0.368 e. The van der Waals surface area contributed by atoms with Crippen LogP contribution in [-0.2, 0) is 19.8 Å². The number of primary amides is 1. The number of piperidine rings is 1. The first-order valence-electron chi connectivity index (χ1n) is 8.75. The van der Waals surface area contributed by atoms with Gasteiger partial charge in [0, 0.05) is 12.2 Å². The SMILES string of the molecule is NC(=O)[C@@H]1C[C@@]2(CN1C(=O)[C@H]1NC[C@H]3C[C@H]31)C(=O)Nc1ccccc12. The van der Waals surface area contributed by atoms with Crippen molar-refractivity contribution in [2.75, 3.05) is 18.4 Å². The Hall–Kier alpha value is -2.41. The van der Waals surface area contributed by atoms with Crippen LogP contribution < -0.4 is 16.4 Å². The van der Waals surface area contributed by atoms with E-state index in [4.69, 9.17) is 5.73 Å². The van der Waals surface area contributed by atoms with E-state index in [1.807, 2.05) is 24.3 Å². The molecule has 5 atom stereocenters. The van der Waals surface area contributed by atoms with E-state index in [2.05, 4.69) is 10.6 Å². The zero-order chi connectivity index (χ0) is 17.3. The van der Waals surface area contributed by atoms with E-state index in [0.717, 1.165) is 24.2 Å². The average molecular weight is 340 g/mol. The number of carbonyl (C=O) groups is 3. The second-order valence-electron chi connectivity index (χ2n) is 7.72. The number of rotatable bonds is 2. The fraction of sp³-hybridized carbons (Fsp3) is 0.500. The van der Waals surface area contributed by atoms with Crippen LogP contribution in [0.4, 0.5) is 5.69 Å². The molecule has 0 unspecified atom stereocenters. The van der Waals surface area contributed by atoms with Gasteiger partial charge in [-0.15, -0.1) is 0 Å². The van der Waals surface area contributed by atoms with Crippen molar-refractivity contribution in [1.29, 1.82) is 0 Å². The molecule has 1 aromatic carbocycles. The van der Waals surface area contributed by atoms with Crippen LogP contribution in [0.1, 0.15) is 18.4 Å². The molecule has 1 aromatic rings. The molecule has 5 rings (SSSR count). The third kappa shape index (κ3) is 1.93. The zero-order valence-corrected chi connectivity index (χ0v) is 13.7. The van der Waals surface area contributed by atoms with Gasteiger partial charge in [-0.3, -0.25) is 14.4 Å². The number of benzene rings is 1. The summed E-state index contributed by atoms with van der Waals surface area (Å²) in [7, 11) is 0. The molecule has 0 radical (unpaired) electrons. The zero-order valence-electron chi connectivity index (χ0n) is 13.7. The fourth-order valence-corrected chi connectivity index (χ4v) is 4.92.